The number of halogens is 4. The van der Waals surface area contributed by atoms with Crippen molar-refractivity contribution in [3.05, 3.63) is 43.0 Å². The number of fused-ring (bicyclic) bond motifs is 1. The van der Waals surface area contributed by atoms with Crippen molar-refractivity contribution in [1.82, 2.24) is 9.78 Å². The van der Waals surface area contributed by atoms with Gasteiger partial charge in [0.25, 0.3) is 11.6 Å². The van der Waals surface area contributed by atoms with E-state index in [1.807, 2.05) is 0 Å². The summed E-state index contributed by atoms with van der Waals surface area (Å²) in [4.78, 5) is 22.1. The van der Waals surface area contributed by atoms with Crippen molar-refractivity contribution in [2.45, 2.75) is 0 Å². The largest absolute Gasteiger partial charge is 0.292 e. The minimum absolute atomic E-state index is 0.0767. The molecule has 10 heteroatoms. The number of hydrogen-bond donors (Lipinski definition) is 0. The Bertz CT molecular complexity index is 764. The van der Waals surface area contributed by atoms with Crippen LogP contribution < -0.4 is 0 Å². The van der Waals surface area contributed by atoms with E-state index in [1.165, 1.54) is 18.2 Å². The number of nitrogens with zero attached hydrogens (tertiary/aromatic N) is 3. The highest BCUT2D eigenvalue weighted by molar-refractivity contribution is 6.62. The van der Waals surface area contributed by atoms with Gasteiger partial charge in [0, 0.05) is 17.5 Å². The van der Waals surface area contributed by atoms with Crippen molar-refractivity contribution < 1.29 is 9.72 Å². The number of allylic oxidation sites excluding steroid dienone is 1. The molecule has 0 N–H and O–H groups in total. The predicted molar refractivity (Wildman–Crippen MR) is 76.6 cm³/mol. The van der Waals surface area contributed by atoms with Crippen LogP contribution >= 0.6 is 46.4 Å². The first-order valence-electron chi connectivity index (χ1n) is 4.91. The maximum Gasteiger partial charge on any atom is 0.292 e. The summed E-state index contributed by atoms with van der Waals surface area (Å²) in [5, 5.41) is 14.2. The molecule has 0 radical (unpaired) electrons. The average Bonchev–Trinajstić information content (AvgIpc) is 2.73. The van der Waals surface area contributed by atoms with Crippen molar-refractivity contribution in [2.75, 3.05) is 0 Å². The quantitative estimate of drug-likeness (QED) is 0.461. The van der Waals surface area contributed by atoms with Gasteiger partial charge in [0.2, 0.25) is 0 Å². The summed E-state index contributed by atoms with van der Waals surface area (Å²) < 4.78 is 0.451. The normalized spacial score (nSPS) is 10.6. The van der Waals surface area contributed by atoms with Crippen LogP contribution in [0.4, 0.5) is 5.69 Å². The summed E-state index contributed by atoms with van der Waals surface area (Å²) in [6.07, 6.45) is 0. The van der Waals surface area contributed by atoms with E-state index < -0.39 is 20.4 Å². The first-order valence-corrected chi connectivity index (χ1v) is 6.42. The third-order valence-corrected chi connectivity index (χ3v) is 3.58. The fraction of sp³-hybridized carbons (Fsp3) is 0. The maximum absolute atomic E-state index is 12.0. The molecule has 0 saturated heterocycles. The van der Waals surface area contributed by atoms with Gasteiger partial charge in [-0.05, 0) is 6.07 Å². The van der Waals surface area contributed by atoms with Crippen LogP contribution in [0.15, 0.2) is 27.7 Å². The molecule has 0 amide bonds. The first kappa shape index (κ1) is 15.1. The molecule has 0 bridgehead atoms. The highest BCUT2D eigenvalue weighted by Gasteiger charge is 2.21. The van der Waals surface area contributed by atoms with Crippen LogP contribution in [0.25, 0.3) is 10.9 Å². The molecule has 0 aliphatic heterocycles. The Morgan fingerprint density at radius 1 is 1.30 bits per heavy atom. The zero-order valence-corrected chi connectivity index (χ0v) is 12.3. The Labute approximate surface area is 131 Å². The van der Waals surface area contributed by atoms with Gasteiger partial charge in [-0.2, -0.15) is 9.78 Å². The van der Waals surface area contributed by atoms with Crippen LogP contribution in [0.2, 0.25) is 5.15 Å². The van der Waals surface area contributed by atoms with E-state index in [2.05, 4.69) is 5.10 Å². The van der Waals surface area contributed by atoms with Crippen LogP contribution in [0.3, 0.4) is 0 Å². The number of rotatable bonds is 2. The molecule has 1 heterocycles. The molecule has 0 aliphatic rings. The fourth-order valence-electron chi connectivity index (χ4n) is 1.51. The lowest BCUT2D eigenvalue weighted by Gasteiger charge is -2.00. The lowest BCUT2D eigenvalue weighted by molar-refractivity contribution is -0.384. The van der Waals surface area contributed by atoms with Crippen molar-refractivity contribution in [3.8, 4) is 0 Å². The van der Waals surface area contributed by atoms with Gasteiger partial charge in [0.05, 0.1) is 10.4 Å². The van der Waals surface area contributed by atoms with Crippen molar-refractivity contribution in [2.24, 2.45) is 0 Å². The fourth-order valence-corrected chi connectivity index (χ4v) is 1.98. The molecule has 0 fully saturated rings. The van der Waals surface area contributed by atoms with E-state index in [0.717, 1.165) is 4.68 Å². The minimum atomic E-state index is -0.794. The highest BCUT2D eigenvalue weighted by Crippen LogP contribution is 2.29. The SMILES string of the molecule is O=C(C(Cl)=C(Cl)Cl)n1nc(Cl)c2cc([N+](=O)[O-])ccc21. The molecule has 6 nitrogen and oxygen atoms in total. The van der Waals surface area contributed by atoms with Gasteiger partial charge in [0.1, 0.15) is 9.52 Å². The number of carbonyl (C=O) groups excluding carboxylic acids is 1. The average molecular weight is 355 g/mol. The van der Waals surface area contributed by atoms with Crippen molar-refractivity contribution in [1.29, 1.82) is 0 Å². The number of non-ortho nitro benzene ring substituents is 1. The van der Waals surface area contributed by atoms with Gasteiger partial charge in [-0.25, -0.2) is 0 Å². The summed E-state index contributed by atoms with van der Waals surface area (Å²) in [5.41, 5.74) is 0.0711. The molecular formula is C10H3Cl4N3O3. The van der Waals surface area contributed by atoms with Gasteiger partial charge in [-0.3, -0.25) is 14.9 Å². The van der Waals surface area contributed by atoms with Gasteiger partial charge in [-0.1, -0.05) is 46.4 Å². The number of carbonyl (C=O) groups is 1. The van der Waals surface area contributed by atoms with Crippen LogP contribution in [-0.4, -0.2) is 20.6 Å². The Morgan fingerprint density at radius 2 is 1.95 bits per heavy atom. The van der Waals surface area contributed by atoms with Crippen molar-refractivity contribution in [3.63, 3.8) is 0 Å². The standard InChI is InChI=1S/C10H3Cl4N3O3/c11-7(8(12)13)10(18)16-6-2-1-4(17(19)20)3-5(6)9(14)15-16/h1-3H. The number of nitro groups is 1. The van der Waals surface area contributed by atoms with Gasteiger partial charge in [0.15, 0.2) is 5.15 Å². The molecule has 0 atom stereocenters. The summed E-state index contributed by atoms with van der Waals surface area (Å²) in [5.74, 6) is -0.794. The molecule has 0 spiro atoms. The molecule has 20 heavy (non-hydrogen) atoms. The Kier molecular flexibility index (Phi) is 4.19. The van der Waals surface area contributed by atoms with Crippen LogP contribution in [-0.2, 0) is 0 Å². The topological polar surface area (TPSA) is 78.0 Å². The molecule has 0 unspecified atom stereocenters. The zero-order chi connectivity index (χ0) is 15.0. The lowest BCUT2D eigenvalue weighted by Crippen LogP contribution is -2.12. The van der Waals surface area contributed by atoms with Gasteiger partial charge >= 0.3 is 0 Å². The Hall–Kier alpha value is -1.34. The zero-order valence-electron chi connectivity index (χ0n) is 9.31. The smallest absolute Gasteiger partial charge is 0.266 e. The second-order valence-corrected chi connectivity index (χ2v) is 5.23. The molecule has 1 aromatic carbocycles. The predicted octanol–water partition coefficient (Wildman–Crippen LogP) is 4.12. The van der Waals surface area contributed by atoms with Crippen molar-refractivity contribution >= 4 is 68.9 Å². The van der Waals surface area contributed by atoms with Crippen LogP contribution in [0.1, 0.15) is 4.79 Å². The number of aromatic nitrogens is 2. The third-order valence-electron chi connectivity index (χ3n) is 2.38. The van der Waals surface area contributed by atoms with Gasteiger partial charge in [-0.15, -0.1) is 0 Å². The maximum atomic E-state index is 12.0. The van der Waals surface area contributed by atoms with E-state index in [-0.39, 0.29) is 21.7 Å². The number of nitro benzene ring substituents is 1. The van der Waals surface area contributed by atoms with E-state index in [4.69, 9.17) is 46.4 Å². The van der Waals surface area contributed by atoms with E-state index in [9.17, 15) is 14.9 Å². The van der Waals surface area contributed by atoms with Crippen LogP contribution in [0, 0.1) is 10.1 Å². The second-order valence-electron chi connectivity index (χ2n) is 3.54. The molecule has 2 aromatic rings. The summed E-state index contributed by atoms with van der Waals surface area (Å²) in [6.45, 7) is 0. The molecular weight excluding hydrogens is 352 g/mol. The first-order chi connectivity index (χ1) is 9.32. The molecule has 0 saturated carbocycles. The van der Waals surface area contributed by atoms with Crippen LogP contribution in [0.5, 0.6) is 0 Å². The van der Waals surface area contributed by atoms with E-state index in [0.29, 0.717) is 0 Å². The highest BCUT2D eigenvalue weighted by atomic mass is 35.5. The summed E-state index contributed by atoms with van der Waals surface area (Å²) >= 11 is 22.4. The Balaban J connectivity index is 2.66. The van der Waals surface area contributed by atoms with Gasteiger partial charge < -0.3 is 0 Å². The lowest BCUT2D eigenvalue weighted by atomic mass is 10.2. The number of benzene rings is 1. The monoisotopic (exact) mass is 353 g/mol. The molecule has 0 aliphatic carbocycles. The third kappa shape index (κ3) is 2.60. The molecule has 104 valence electrons. The minimum Gasteiger partial charge on any atom is -0.266 e. The van der Waals surface area contributed by atoms with E-state index in [1.54, 1.807) is 0 Å². The molecule has 2 rings (SSSR count). The second kappa shape index (κ2) is 5.57. The Morgan fingerprint density at radius 3 is 2.50 bits per heavy atom. The van der Waals surface area contributed by atoms with E-state index >= 15 is 0 Å². The molecule has 1 aromatic heterocycles. The summed E-state index contributed by atoms with van der Waals surface area (Å²) in [6, 6.07) is 3.75. The summed E-state index contributed by atoms with van der Waals surface area (Å²) in [7, 11) is 0. The number of hydrogen-bond acceptors (Lipinski definition) is 4.